The molecule has 2 fully saturated rings. The molecule has 5 nitrogen and oxygen atoms in total. The number of carboxylic acid groups (broad SMARTS) is 1. The van der Waals surface area contributed by atoms with Crippen molar-refractivity contribution in [2.75, 3.05) is 20.1 Å². The van der Waals surface area contributed by atoms with Crippen LogP contribution >= 0.6 is 0 Å². The topological polar surface area (TPSA) is 81.0 Å². The van der Waals surface area contributed by atoms with Gasteiger partial charge < -0.3 is 20.2 Å². The Morgan fingerprint density at radius 1 is 1.32 bits per heavy atom. The van der Waals surface area contributed by atoms with Crippen LogP contribution in [0.15, 0.2) is 0 Å². The third kappa shape index (κ3) is 3.91. The third-order valence-corrected chi connectivity index (χ3v) is 4.61. The standard InChI is InChI=1S/C14H25NO4/c1-15(8-10-6-12(16)7-10)9-14(19)4-2-11(3-5-14)13(17)18/h10-12,16,19H,2-9H2,1H3,(H,17,18). The zero-order valence-electron chi connectivity index (χ0n) is 11.6. The van der Waals surface area contributed by atoms with Gasteiger partial charge in [0.2, 0.25) is 0 Å². The minimum atomic E-state index is -0.737. The van der Waals surface area contributed by atoms with Crippen molar-refractivity contribution in [3.05, 3.63) is 0 Å². The Hall–Kier alpha value is -0.650. The van der Waals surface area contributed by atoms with Crippen molar-refractivity contribution < 1.29 is 20.1 Å². The molecule has 0 aromatic carbocycles. The molecule has 19 heavy (non-hydrogen) atoms. The Bertz CT molecular complexity index is 319. The van der Waals surface area contributed by atoms with Crippen LogP contribution in [0, 0.1) is 11.8 Å². The van der Waals surface area contributed by atoms with Crippen LogP contribution in [0.1, 0.15) is 38.5 Å². The van der Waals surface area contributed by atoms with Gasteiger partial charge in [-0.25, -0.2) is 0 Å². The summed E-state index contributed by atoms with van der Waals surface area (Å²) in [5.74, 6) is -0.481. The first kappa shape index (κ1) is 14.8. The molecular weight excluding hydrogens is 246 g/mol. The number of hydrogen-bond donors (Lipinski definition) is 3. The number of aliphatic hydroxyl groups is 2. The fourth-order valence-electron chi connectivity index (χ4n) is 3.42. The van der Waals surface area contributed by atoms with Crippen LogP contribution in [0.3, 0.4) is 0 Å². The van der Waals surface area contributed by atoms with Crippen LogP contribution in [0.2, 0.25) is 0 Å². The molecule has 0 saturated heterocycles. The molecule has 0 spiro atoms. The highest BCUT2D eigenvalue weighted by Crippen LogP contribution is 2.34. The largest absolute Gasteiger partial charge is 0.481 e. The van der Waals surface area contributed by atoms with Gasteiger partial charge in [-0.3, -0.25) is 4.79 Å². The van der Waals surface area contributed by atoms with Crippen molar-refractivity contribution in [3.63, 3.8) is 0 Å². The lowest BCUT2D eigenvalue weighted by molar-refractivity contribution is -0.145. The minimum Gasteiger partial charge on any atom is -0.481 e. The summed E-state index contributed by atoms with van der Waals surface area (Å²) in [5, 5.41) is 28.7. The summed E-state index contributed by atoms with van der Waals surface area (Å²) < 4.78 is 0. The number of aliphatic hydroxyl groups excluding tert-OH is 1. The Balaban J connectivity index is 1.74. The van der Waals surface area contributed by atoms with E-state index in [9.17, 15) is 15.0 Å². The first-order valence-electron chi connectivity index (χ1n) is 7.20. The van der Waals surface area contributed by atoms with Crippen LogP contribution in [-0.4, -0.2) is 58.0 Å². The van der Waals surface area contributed by atoms with Crippen molar-refractivity contribution in [2.24, 2.45) is 11.8 Å². The van der Waals surface area contributed by atoms with Crippen molar-refractivity contribution in [3.8, 4) is 0 Å². The highest BCUT2D eigenvalue weighted by Gasteiger charge is 2.37. The van der Waals surface area contributed by atoms with Crippen LogP contribution in [0.25, 0.3) is 0 Å². The van der Waals surface area contributed by atoms with Crippen LogP contribution in [0.5, 0.6) is 0 Å². The normalized spacial score (nSPS) is 39.1. The molecule has 0 radical (unpaired) electrons. The van der Waals surface area contributed by atoms with E-state index in [1.165, 1.54) is 0 Å². The number of nitrogens with zero attached hydrogens (tertiary/aromatic N) is 1. The number of hydrogen-bond acceptors (Lipinski definition) is 4. The lowest BCUT2D eigenvalue weighted by Crippen LogP contribution is -2.47. The van der Waals surface area contributed by atoms with E-state index in [0.29, 0.717) is 38.1 Å². The van der Waals surface area contributed by atoms with Gasteiger partial charge in [-0.05, 0) is 51.5 Å². The highest BCUT2D eigenvalue weighted by atomic mass is 16.4. The summed E-state index contributed by atoms with van der Waals surface area (Å²) in [7, 11) is 1.99. The zero-order chi connectivity index (χ0) is 14.0. The summed E-state index contributed by atoms with van der Waals surface area (Å²) in [4.78, 5) is 13.0. The van der Waals surface area contributed by atoms with Gasteiger partial charge in [0.05, 0.1) is 17.6 Å². The van der Waals surface area contributed by atoms with E-state index < -0.39 is 11.6 Å². The fourth-order valence-corrected chi connectivity index (χ4v) is 3.42. The van der Waals surface area contributed by atoms with E-state index in [0.717, 1.165) is 19.4 Å². The number of likely N-dealkylation sites (N-methyl/N-ethyl adjacent to an activating group) is 1. The molecule has 0 aromatic heterocycles. The second-order valence-electron chi connectivity index (χ2n) is 6.52. The first-order valence-corrected chi connectivity index (χ1v) is 7.20. The molecule has 0 amide bonds. The average Bonchev–Trinajstić information content (AvgIpc) is 2.26. The maximum atomic E-state index is 10.9. The zero-order valence-corrected chi connectivity index (χ0v) is 11.6. The molecule has 2 aliphatic carbocycles. The Morgan fingerprint density at radius 3 is 2.37 bits per heavy atom. The van der Waals surface area contributed by atoms with E-state index in [-0.39, 0.29) is 12.0 Å². The van der Waals surface area contributed by atoms with Crippen molar-refractivity contribution in [1.82, 2.24) is 4.90 Å². The first-order chi connectivity index (χ1) is 8.88. The number of aliphatic carboxylic acids is 1. The summed E-state index contributed by atoms with van der Waals surface area (Å²) in [6, 6.07) is 0. The smallest absolute Gasteiger partial charge is 0.306 e. The molecule has 0 unspecified atom stereocenters. The molecule has 0 bridgehead atoms. The third-order valence-electron chi connectivity index (χ3n) is 4.61. The number of rotatable bonds is 5. The molecule has 2 aliphatic rings. The van der Waals surface area contributed by atoms with Crippen LogP contribution in [0.4, 0.5) is 0 Å². The van der Waals surface area contributed by atoms with Gasteiger partial charge in [0, 0.05) is 13.1 Å². The molecule has 2 rings (SSSR count). The molecule has 0 heterocycles. The lowest BCUT2D eigenvalue weighted by atomic mass is 9.78. The summed E-state index contributed by atoms with van der Waals surface area (Å²) in [6.07, 6.45) is 3.88. The Labute approximate surface area is 114 Å². The van der Waals surface area contributed by atoms with Crippen molar-refractivity contribution >= 4 is 5.97 Å². The maximum absolute atomic E-state index is 10.9. The van der Waals surface area contributed by atoms with Gasteiger partial charge >= 0.3 is 5.97 Å². The van der Waals surface area contributed by atoms with Gasteiger partial charge in [0.1, 0.15) is 0 Å². The predicted molar refractivity (Wildman–Crippen MR) is 70.8 cm³/mol. The van der Waals surface area contributed by atoms with Crippen molar-refractivity contribution in [2.45, 2.75) is 50.2 Å². The molecule has 0 atom stereocenters. The van der Waals surface area contributed by atoms with Gasteiger partial charge in [-0.2, -0.15) is 0 Å². The maximum Gasteiger partial charge on any atom is 0.306 e. The Kier molecular flexibility index (Phi) is 4.48. The summed E-state index contributed by atoms with van der Waals surface area (Å²) in [6.45, 7) is 1.51. The van der Waals surface area contributed by atoms with E-state index >= 15 is 0 Å². The molecule has 0 aromatic rings. The van der Waals surface area contributed by atoms with Crippen molar-refractivity contribution in [1.29, 1.82) is 0 Å². The fraction of sp³-hybridized carbons (Fsp3) is 0.929. The van der Waals surface area contributed by atoms with E-state index in [1.807, 2.05) is 7.05 Å². The van der Waals surface area contributed by atoms with Gasteiger partial charge in [0.15, 0.2) is 0 Å². The summed E-state index contributed by atoms with van der Waals surface area (Å²) >= 11 is 0. The highest BCUT2D eigenvalue weighted by molar-refractivity contribution is 5.70. The molecule has 2 saturated carbocycles. The molecule has 0 aliphatic heterocycles. The van der Waals surface area contributed by atoms with Gasteiger partial charge in [0.25, 0.3) is 0 Å². The molecule has 3 N–H and O–H groups in total. The van der Waals surface area contributed by atoms with E-state index in [4.69, 9.17) is 5.11 Å². The SMILES string of the molecule is CN(CC1CC(O)C1)CC1(O)CCC(C(=O)O)CC1. The predicted octanol–water partition coefficient (Wildman–Crippen LogP) is 0.695. The number of carbonyl (C=O) groups is 1. The Morgan fingerprint density at radius 2 is 1.89 bits per heavy atom. The monoisotopic (exact) mass is 271 g/mol. The number of carboxylic acids is 1. The lowest BCUT2D eigenvalue weighted by Gasteiger charge is -2.40. The quantitative estimate of drug-likeness (QED) is 0.685. The molecule has 5 heteroatoms. The average molecular weight is 271 g/mol. The van der Waals surface area contributed by atoms with Gasteiger partial charge in [-0.1, -0.05) is 0 Å². The second-order valence-corrected chi connectivity index (χ2v) is 6.52. The van der Waals surface area contributed by atoms with Gasteiger partial charge in [-0.15, -0.1) is 0 Å². The minimum absolute atomic E-state index is 0.132. The van der Waals surface area contributed by atoms with Crippen LogP contribution in [-0.2, 0) is 4.79 Å². The molecule has 110 valence electrons. The van der Waals surface area contributed by atoms with E-state index in [1.54, 1.807) is 0 Å². The molecular formula is C14H25NO4. The van der Waals surface area contributed by atoms with Crippen LogP contribution < -0.4 is 0 Å². The van der Waals surface area contributed by atoms with E-state index in [2.05, 4.69) is 4.90 Å². The summed E-state index contributed by atoms with van der Waals surface area (Å²) in [5.41, 5.74) is -0.733. The second kappa shape index (κ2) is 5.77.